The van der Waals surface area contributed by atoms with Gasteiger partial charge < -0.3 is 9.47 Å². The van der Waals surface area contributed by atoms with E-state index in [4.69, 9.17) is 0 Å². The first kappa shape index (κ1) is 36.8. The molecule has 2 heteroatoms. The number of anilines is 3. The monoisotopic (exact) mass is 790 g/mol. The van der Waals surface area contributed by atoms with E-state index < -0.39 is 0 Å². The van der Waals surface area contributed by atoms with Gasteiger partial charge in [0.15, 0.2) is 0 Å². The molecule has 0 saturated heterocycles. The van der Waals surface area contributed by atoms with E-state index in [0.29, 0.717) is 0 Å². The van der Waals surface area contributed by atoms with Crippen molar-refractivity contribution in [1.82, 2.24) is 4.57 Å². The van der Waals surface area contributed by atoms with Crippen molar-refractivity contribution >= 4 is 38.9 Å². The van der Waals surface area contributed by atoms with Gasteiger partial charge in [0.1, 0.15) is 0 Å². The zero-order valence-electron chi connectivity index (χ0n) is 34.1. The van der Waals surface area contributed by atoms with Crippen LogP contribution in [0.1, 0.15) is 0 Å². The van der Waals surface area contributed by atoms with Crippen LogP contribution in [0.2, 0.25) is 0 Å². The Morgan fingerprint density at radius 2 is 0.677 bits per heavy atom. The minimum Gasteiger partial charge on any atom is -0.310 e. The second-order valence-corrected chi connectivity index (χ2v) is 15.7. The molecule has 11 rings (SSSR count). The molecule has 0 spiro atoms. The van der Waals surface area contributed by atoms with Crippen LogP contribution < -0.4 is 4.90 Å². The zero-order valence-corrected chi connectivity index (χ0v) is 34.1. The summed E-state index contributed by atoms with van der Waals surface area (Å²) in [5.74, 6) is 0. The Kier molecular flexibility index (Phi) is 9.57. The highest BCUT2D eigenvalue weighted by atomic mass is 15.1. The van der Waals surface area contributed by atoms with E-state index in [1.807, 2.05) is 0 Å². The standard InChI is InChI=1S/C60H42N2/c1-5-17-43(18-6-1)45-29-33-48(34-30-45)53-39-37-51(41-57(53)49-35-31-46(32-36-49)44-19-7-2-8-20-44)61(50-23-11-4-12-24-50)52-38-40-56-55-26-14-16-28-59(55)62(60(56)42-52)58-27-15-13-25-54(58)47-21-9-3-10-22-47/h1-42H. The second-order valence-electron chi connectivity index (χ2n) is 15.7. The summed E-state index contributed by atoms with van der Waals surface area (Å²) in [6, 6.07) is 92.1. The normalized spacial score (nSPS) is 11.2. The van der Waals surface area contributed by atoms with Crippen molar-refractivity contribution in [3.05, 3.63) is 255 Å². The first-order valence-electron chi connectivity index (χ1n) is 21.3. The Hall–Kier alpha value is -8.20. The number of rotatable bonds is 9. The molecule has 62 heavy (non-hydrogen) atoms. The Labute approximate surface area is 362 Å². The van der Waals surface area contributed by atoms with Crippen LogP contribution in [-0.2, 0) is 0 Å². The molecule has 10 aromatic carbocycles. The smallest absolute Gasteiger partial charge is 0.0562 e. The van der Waals surface area contributed by atoms with Crippen LogP contribution in [0.3, 0.4) is 0 Å². The van der Waals surface area contributed by atoms with Crippen molar-refractivity contribution in [1.29, 1.82) is 0 Å². The maximum atomic E-state index is 2.45. The number of fused-ring (bicyclic) bond motifs is 3. The van der Waals surface area contributed by atoms with E-state index in [1.54, 1.807) is 0 Å². The third-order valence-electron chi connectivity index (χ3n) is 12.0. The summed E-state index contributed by atoms with van der Waals surface area (Å²) >= 11 is 0. The number of aromatic nitrogens is 1. The van der Waals surface area contributed by atoms with Crippen LogP contribution >= 0.6 is 0 Å². The van der Waals surface area contributed by atoms with Crippen molar-refractivity contribution in [3.8, 4) is 61.3 Å². The molecular formula is C60H42N2. The van der Waals surface area contributed by atoms with Crippen LogP contribution in [0.4, 0.5) is 17.1 Å². The number of para-hydroxylation sites is 3. The molecule has 2 nitrogen and oxygen atoms in total. The molecule has 11 aromatic rings. The van der Waals surface area contributed by atoms with Gasteiger partial charge in [0.2, 0.25) is 0 Å². The van der Waals surface area contributed by atoms with Gasteiger partial charge in [-0.1, -0.05) is 206 Å². The van der Waals surface area contributed by atoms with Crippen LogP contribution in [0.25, 0.3) is 83.1 Å². The van der Waals surface area contributed by atoms with Crippen LogP contribution in [-0.4, -0.2) is 4.57 Å². The maximum Gasteiger partial charge on any atom is 0.0562 e. The molecule has 0 aliphatic heterocycles. The van der Waals surface area contributed by atoms with Crippen LogP contribution in [0, 0.1) is 0 Å². The molecule has 0 atom stereocenters. The van der Waals surface area contributed by atoms with Crippen molar-refractivity contribution < 1.29 is 0 Å². The lowest BCUT2D eigenvalue weighted by atomic mass is 9.91. The van der Waals surface area contributed by atoms with Gasteiger partial charge in [-0.25, -0.2) is 0 Å². The van der Waals surface area contributed by atoms with Crippen molar-refractivity contribution in [3.63, 3.8) is 0 Å². The quantitative estimate of drug-likeness (QED) is 0.141. The molecule has 1 heterocycles. The SMILES string of the molecule is c1ccc(-c2ccc(-c3ccc(N(c4ccccc4)c4ccc5c6ccccc6n(-c6ccccc6-c6ccccc6)c5c4)cc3-c3ccc(-c4ccccc4)cc3)cc2)cc1. The topological polar surface area (TPSA) is 8.17 Å². The highest BCUT2D eigenvalue weighted by Gasteiger charge is 2.20. The van der Waals surface area contributed by atoms with E-state index >= 15 is 0 Å². The van der Waals surface area contributed by atoms with Gasteiger partial charge in [-0.2, -0.15) is 0 Å². The van der Waals surface area contributed by atoms with Crippen molar-refractivity contribution in [2.75, 3.05) is 4.90 Å². The van der Waals surface area contributed by atoms with Gasteiger partial charge in [0.25, 0.3) is 0 Å². The van der Waals surface area contributed by atoms with Crippen LogP contribution in [0.15, 0.2) is 255 Å². The fourth-order valence-electron chi connectivity index (χ4n) is 9.02. The first-order chi connectivity index (χ1) is 30.8. The molecule has 0 saturated carbocycles. The van der Waals surface area contributed by atoms with E-state index in [-0.39, 0.29) is 0 Å². The van der Waals surface area contributed by atoms with Gasteiger partial charge in [0.05, 0.1) is 16.7 Å². The van der Waals surface area contributed by atoms with Crippen LogP contribution in [0.5, 0.6) is 0 Å². The minimum absolute atomic E-state index is 1.08. The first-order valence-corrected chi connectivity index (χ1v) is 21.3. The fraction of sp³-hybridized carbons (Fsp3) is 0. The number of benzene rings is 10. The number of nitrogens with zero attached hydrogens (tertiary/aromatic N) is 2. The van der Waals surface area contributed by atoms with Crippen molar-refractivity contribution in [2.24, 2.45) is 0 Å². The molecule has 0 bridgehead atoms. The lowest BCUT2D eigenvalue weighted by molar-refractivity contribution is 1.18. The second kappa shape index (κ2) is 16.1. The molecule has 0 radical (unpaired) electrons. The Balaban J connectivity index is 1.10. The summed E-state index contributed by atoms with van der Waals surface area (Å²) in [6.45, 7) is 0. The molecule has 0 fully saturated rings. The predicted octanol–water partition coefficient (Wildman–Crippen LogP) is 16.6. The Bertz CT molecular complexity index is 3300. The molecule has 0 N–H and O–H groups in total. The average Bonchev–Trinajstić information content (AvgIpc) is 3.69. The summed E-state index contributed by atoms with van der Waals surface area (Å²) in [7, 11) is 0. The molecular weight excluding hydrogens is 749 g/mol. The summed E-state index contributed by atoms with van der Waals surface area (Å²) in [4.78, 5) is 2.40. The predicted molar refractivity (Wildman–Crippen MR) is 263 cm³/mol. The number of hydrogen-bond acceptors (Lipinski definition) is 1. The van der Waals surface area contributed by atoms with Gasteiger partial charge in [-0.3, -0.25) is 0 Å². The summed E-state index contributed by atoms with van der Waals surface area (Å²) in [5, 5.41) is 2.45. The lowest BCUT2D eigenvalue weighted by Gasteiger charge is -2.27. The summed E-state index contributed by atoms with van der Waals surface area (Å²) < 4.78 is 2.45. The third-order valence-corrected chi connectivity index (χ3v) is 12.0. The highest BCUT2D eigenvalue weighted by Crippen LogP contribution is 2.44. The largest absolute Gasteiger partial charge is 0.310 e. The molecule has 292 valence electrons. The molecule has 0 aliphatic rings. The fourth-order valence-corrected chi connectivity index (χ4v) is 9.02. The van der Waals surface area contributed by atoms with Gasteiger partial charge >= 0.3 is 0 Å². The Morgan fingerprint density at radius 3 is 1.32 bits per heavy atom. The summed E-state index contributed by atoms with van der Waals surface area (Å²) in [6.07, 6.45) is 0. The minimum atomic E-state index is 1.08. The molecule has 0 amide bonds. The highest BCUT2D eigenvalue weighted by molar-refractivity contribution is 6.11. The van der Waals surface area contributed by atoms with Gasteiger partial charge in [-0.05, 0) is 98.6 Å². The maximum absolute atomic E-state index is 2.45. The van der Waals surface area contributed by atoms with Gasteiger partial charge in [-0.15, -0.1) is 0 Å². The molecule has 0 unspecified atom stereocenters. The van der Waals surface area contributed by atoms with E-state index in [9.17, 15) is 0 Å². The average molecular weight is 791 g/mol. The zero-order chi connectivity index (χ0) is 41.2. The van der Waals surface area contributed by atoms with Crippen molar-refractivity contribution in [2.45, 2.75) is 0 Å². The third kappa shape index (κ3) is 6.84. The van der Waals surface area contributed by atoms with E-state index in [0.717, 1.165) is 33.8 Å². The summed E-state index contributed by atoms with van der Waals surface area (Å²) in [5.41, 5.74) is 18.6. The number of hydrogen-bond donors (Lipinski definition) is 0. The lowest BCUT2D eigenvalue weighted by Crippen LogP contribution is -2.10. The van der Waals surface area contributed by atoms with E-state index in [1.165, 1.54) is 66.4 Å². The van der Waals surface area contributed by atoms with Gasteiger partial charge in [0, 0.05) is 33.4 Å². The molecule has 1 aromatic heterocycles. The Morgan fingerprint density at radius 1 is 0.242 bits per heavy atom. The molecule has 0 aliphatic carbocycles. The van der Waals surface area contributed by atoms with E-state index in [2.05, 4.69) is 264 Å².